The topological polar surface area (TPSA) is 110 Å². The molecule has 1 fully saturated rings. The van der Waals surface area contributed by atoms with Gasteiger partial charge < -0.3 is 24.8 Å². The van der Waals surface area contributed by atoms with Gasteiger partial charge in [0.05, 0.1) is 12.0 Å². The van der Waals surface area contributed by atoms with E-state index in [0.29, 0.717) is 24.3 Å². The molecule has 9 heteroatoms. The molecule has 3 aromatic heterocycles. The molecule has 0 amide bonds. The van der Waals surface area contributed by atoms with Crippen molar-refractivity contribution in [3.05, 3.63) is 66.4 Å². The Kier molecular flexibility index (Phi) is 5.49. The number of aromatic nitrogens is 5. The maximum Gasteiger partial charge on any atom is 0.165 e. The highest BCUT2D eigenvalue weighted by atomic mass is 16.6. The number of fused-ring (bicyclic) bond motifs is 4. The lowest BCUT2D eigenvalue weighted by atomic mass is 10.1. The van der Waals surface area contributed by atoms with Gasteiger partial charge in [-0.1, -0.05) is 30.3 Å². The molecule has 1 saturated heterocycles. The zero-order valence-corrected chi connectivity index (χ0v) is 19.7. The van der Waals surface area contributed by atoms with Gasteiger partial charge in [-0.15, -0.1) is 0 Å². The van der Waals surface area contributed by atoms with Gasteiger partial charge in [0.15, 0.2) is 11.9 Å². The summed E-state index contributed by atoms with van der Waals surface area (Å²) in [5, 5.41) is 27.3. The minimum absolute atomic E-state index is 0.408. The molecule has 0 saturated carbocycles. The summed E-state index contributed by atoms with van der Waals surface area (Å²) in [6.07, 6.45) is -0.402. The second-order valence-corrected chi connectivity index (χ2v) is 9.17. The van der Waals surface area contributed by atoms with Crippen LogP contribution in [0.3, 0.4) is 0 Å². The summed E-state index contributed by atoms with van der Waals surface area (Å²) in [5.41, 5.74) is 5.66. The molecular formula is C26H28N6O3. The van der Waals surface area contributed by atoms with Crippen molar-refractivity contribution in [2.45, 2.75) is 44.9 Å². The lowest BCUT2D eigenvalue weighted by Crippen LogP contribution is -2.38. The van der Waals surface area contributed by atoms with Crippen LogP contribution in [-0.2, 0) is 11.3 Å². The van der Waals surface area contributed by atoms with Crippen LogP contribution in [0.4, 0.5) is 0 Å². The van der Waals surface area contributed by atoms with Crippen LogP contribution >= 0.6 is 0 Å². The lowest BCUT2D eigenvalue weighted by Gasteiger charge is -2.17. The molecule has 35 heavy (non-hydrogen) atoms. The molecule has 1 aliphatic rings. The Morgan fingerprint density at radius 1 is 0.971 bits per heavy atom. The average molecular weight is 473 g/mol. The van der Waals surface area contributed by atoms with E-state index in [1.807, 2.05) is 6.92 Å². The SMILES string of the molecule is Cc1ncnc2c1ncn2C1OC(CNCCn2c3ccccc3c3c(C)cccc32)C(O)C1O. The molecule has 0 spiro atoms. The smallest absolute Gasteiger partial charge is 0.165 e. The Morgan fingerprint density at radius 3 is 2.69 bits per heavy atom. The highest BCUT2D eigenvalue weighted by molar-refractivity contribution is 6.09. The Labute approximate surface area is 202 Å². The number of nitrogens with zero attached hydrogens (tertiary/aromatic N) is 5. The molecule has 3 N–H and O–H groups in total. The minimum Gasteiger partial charge on any atom is -0.387 e. The standard InChI is InChI=1S/C26H28N6O3/c1-15-6-5-9-19-21(15)17-7-3-4-8-18(17)31(19)11-10-27-12-20-23(33)24(34)26(35-20)32-14-30-22-16(2)28-13-29-25(22)32/h3-9,13-14,20,23-24,26-27,33-34H,10-12H2,1-2H3. The third kappa shape index (κ3) is 3.59. The number of aliphatic hydroxyl groups is 2. The molecule has 1 aliphatic heterocycles. The van der Waals surface area contributed by atoms with Crippen molar-refractivity contribution in [2.24, 2.45) is 0 Å². The first-order valence-corrected chi connectivity index (χ1v) is 11.9. The molecule has 0 aliphatic carbocycles. The number of hydrogen-bond donors (Lipinski definition) is 3. The summed E-state index contributed by atoms with van der Waals surface area (Å²) in [6, 6.07) is 14.9. The normalized spacial score (nSPS) is 22.6. The van der Waals surface area contributed by atoms with Crippen LogP contribution < -0.4 is 5.32 Å². The quantitative estimate of drug-likeness (QED) is 0.326. The first kappa shape index (κ1) is 22.1. The van der Waals surface area contributed by atoms with Crippen molar-refractivity contribution < 1.29 is 14.9 Å². The van der Waals surface area contributed by atoms with Gasteiger partial charge in [-0.25, -0.2) is 15.0 Å². The number of para-hydroxylation sites is 1. The van der Waals surface area contributed by atoms with Crippen molar-refractivity contribution >= 4 is 33.0 Å². The van der Waals surface area contributed by atoms with E-state index in [0.717, 1.165) is 12.2 Å². The van der Waals surface area contributed by atoms with Crippen LogP contribution in [0, 0.1) is 13.8 Å². The first-order valence-electron chi connectivity index (χ1n) is 11.9. The third-order valence-electron chi connectivity index (χ3n) is 7.02. The van der Waals surface area contributed by atoms with Crippen molar-refractivity contribution in [3.8, 4) is 0 Å². The van der Waals surface area contributed by atoms with E-state index in [1.54, 1.807) is 10.9 Å². The molecule has 5 aromatic rings. The van der Waals surface area contributed by atoms with Crippen LogP contribution in [0.1, 0.15) is 17.5 Å². The Balaban J connectivity index is 1.16. The highest BCUT2D eigenvalue weighted by Crippen LogP contribution is 2.32. The van der Waals surface area contributed by atoms with Gasteiger partial charge >= 0.3 is 0 Å². The maximum absolute atomic E-state index is 10.7. The summed E-state index contributed by atoms with van der Waals surface area (Å²) < 4.78 is 10.1. The lowest BCUT2D eigenvalue weighted by molar-refractivity contribution is -0.0341. The summed E-state index contributed by atoms with van der Waals surface area (Å²) in [6.45, 7) is 5.87. The van der Waals surface area contributed by atoms with E-state index in [-0.39, 0.29) is 0 Å². The number of rotatable bonds is 6. The van der Waals surface area contributed by atoms with Crippen LogP contribution in [0.5, 0.6) is 0 Å². The molecular weight excluding hydrogens is 444 g/mol. The molecule has 6 rings (SSSR count). The second kappa shape index (κ2) is 8.69. The fraction of sp³-hybridized carbons (Fsp3) is 0.346. The van der Waals surface area contributed by atoms with Gasteiger partial charge in [-0.3, -0.25) is 4.57 Å². The molecule has 0 bridgehead atoms. The Hall–Kier alpha value is -3.37. The van der Waals surface area contributed by atoms with Gasteiger partial charge in [0.1, 0.15) is 30.2 Å². The van der Waals surface area contributed by atoms with Crippen LogP contribution in [0.15, 0.2) is 55.1 Å². The van der Waals surface area contributed by atoms with Gasteiger partial charge in [0.2, 0.25) is 0 Å². The molecule has 4 unspecified atom stereocenters. The zero-order valence-electron chi connectivity index (χ0n) is 19.7. The number of aryl methyl sites for hydroxylation is 2. The molecule has 4 atom stereocenters. The number of aliphatic hydroxyl groups excluding tert-OH is 2. The van der Waals surface area contributed by atoms with E-state index >= 15 is 0 Å². The molecule has 9 nitrogen and oxygen atoms in total. The number of ether oxygens (including phenoxy) is 1. The van der Waals surface area contributed by atoms with Crippen molar-refractivity contribution in [3.63, 3.8) is 0 Å². The molecule has 4 heterocycles. The molecule has 0 radical (unpaired) electrons. The monoisotopic (exact) mass is 472 g/mol. The number of imidazole rings is 1. The van der Waals surface area contributed by atoms with E-state index in [2.05, 4.69) is 74.2 Å². The predicted octanol–water partition coefficient (Wildman–Crippen LogP) is 2.46. The summed E-state index contributed by atoms with van der Waals surface area (Å²) in [7, 11) is 0. The summed E-state index contributed by atoms with van der Waals surface area (Å²) >= 11 is 0. The largest absolute Gasteiger partial charge is 0.387 e. The summed E-state index contributed by atoms with van der Waals surface area (Å²) in [5.74, 6) is 0. The van der Waals surface area contributed by atoms with Crippen LogP contribution in [-0.4, -0.2) is 65.7 Å². The fourth-order valence-corrected chi connectivity index (χ4v) is 5.24. The van der Waals surface area contributed by atoms with Crippen molar-refractivity contribution in [1.82, 2.24) is 29.4 Å². The Morgan fingerprint density at radius 2 is 1.80 bits per heavy atom. The summed E-state index contributed by atoms with van der Waals surface area (Å²) in [4.78, 5) is 12.8. The van der Waals surface area contributed by atoms with Crippen LogP contribution in [0.2, 0.25) is 0 Å². The second-order valence-electron chi connectivity index (χ2n) is 9.17. The van der Waals surface area contributed by atoms with E-state index < -0.39 is 24.5 Å². The van der Waals surface area contributed by atoms with Crippen molar-refractivity contribution in [1.29, 1.82) is 0 Å². The van der Waals surface area contributed by atoms with Crippen LogP contribution in [0.25, 0.3) is 33.0 Å². The van der Waals surface area contributed by atoms with E-state index in [9.17, 15) is 10.2 Å². The number of hydrogen-bond acceptors (Lipinski definition) is 7. The molecule has 180 valence electrons. The third-order valence-corrected chi connectivity index (χ3v) is 7.02. The first-order chi connectivity index (χ1) is 17.0. The minimum atomic E-state index is -1.09. The van der Waals surface area contributed by atoms with E-state index in [4.69, 9.17) is 4.74 Å². The molecule has 2 aromatic carbocycles. The highest BCUT2D eigenvalue weighted by Gasteiger charge is 2.44. The van der Waals surface area contributed by atoms with E-state index in [1.165, 1.54) is 33.7 Å². The Bertz CT molecular complexity index is 1530. The maximum atomic E-state index is 10.7. The average Bonchev–Trinajstić information content (AvgIpc) is 3.51. The number of benzene rings is 2. The van der Waals surface area contributed by atoms with Gasteiger partial charge in [0, 0.05) is 41.4 Å². The fourth-order valence-electron chi connectivity index (χ4n) is 5.24. The van der Waals surface area contributed by atoms with Gasteiger partial charge in [-0.2, -0.15) is 0 Å². The van der Waals surface area contributed by atoms with Gasteiger partial charge in [-0.05, 0) is 31.5 Å². The van der Waals surface area contributed by atoms with Gasteiger partial charge in [0.25, 0.3) is 0 Å². The van der Waals surface area contributed by atoms with Crippen molar-refractivity contribution in [2.75, 3.05) is 13.1 Å². The number of nitrogens with one attached hydrogen (secondary N) is 1. The zero-order chi connectivity index (χ0) is 24.1. The predicted molar refractivity (Wildman–Crippen MR) is 133 cm³/mol.